The van der Waals surface area contributed by atoms with E-state index in [-0.39, 0.29) is 12.5 Å². The molecule has 0 aromatic heterocycles. The largest absolute Gasteiger partial charge is 0.374 e. The van der Waals surface area contributed by atoms with E-state index < -0.39 is 0 Å². The standard InChI is InChI=1S/C14H16Br3N3O/c1-3-4-5-9(2)19-20-13(21)8-18-14-11(16)6-10(15)7-12(14)17/h3,6-7,18H,1,4-5,8H2,2H3,(H,20,21)/b19-9-. The second-order valence-corrected chi connectivity index (χ2v) is 6.93. The number of halogens is 3. The monoisotopic (exact) mass is 479 g/mol. The highest BCUT2D eigenvalue weighted by molar-refractivity contribution is 9.11. The Kier molecular flexibility index (Phi) is 8.21. The van der Waals surface area contributed by atoms with Crippen molar-refractivity contribution >= 4 is 65.1 Å². The second-order valence-electron chi connectivity index (χ2n) is 4.31. The van der Waals surface area contributed by atoms with Crippen molar-refractivity contribution in [1.29, 1.82) is 0 Å². The van der Waals surface area contributed by atoms with Gasteiger partial charge in [-0.2, -0.15) is 5.10 Å². The SMILES string of the molecule is C=CCC/C(C)=N\NC(=O)CNc1c(Br)cc(Br)cc1Br. The fraction of sp³-hybridized carbons (Fsp3) is 0.286. The van der Waals surface area contributed by atoms with Gasteiger partial charge < -0.3 is 5.32 Å². The van der Waals surface area contributed by atoms with Crippen LogP contribution in [0.15, 0.2) is 43.3 Å². The Bertz CT molecular complexity index is 535. The van der Waals surface area contributed by atoms with Crippen molar-refractivity contribution in [2.75, 3.05) is 11.9 Å². The van der Waals surface area contributed by atoms with Crippen LogP contribution in [0.3, 0.4) is 0 Å². The maximum absolute atomic E-state index is 11.7. The molecule has 0 saturated heterocycles. The van der Waals surface area contributed by atoms with E-state index in [2.05, 4.69) is 70.2 Å². The molecule has 0 fully saturated rings. The van der Waals surface area contributed by atoms with E-state index in [1.165, 1.54) is 0 Å². The summed E-state index contributed by atoms with van der Waals surface area (Å²) in [5.74, 6) is -0.199. The molecule has 1 aromatic carbocycles. The average molecular weight is 482 g/mol. The Labute approximate surface area is 149 Å². The van der Waals surface area contributed by atoms with Crippen LogP contribution in [0.2, 0.25) is 0 Å². The molecule has 0 aliphatic carbocycles. The molecule has 4 nitrogen and oxygen atoms in total. The fourth-order valence-electron chi connectivity index (χ4n) is 1.44. The van der Waals surface area contributed by atoms with Crippen molar-refractivity contribution in [2.45, 2.75) is 19.8 Å². The molecule has 114 valence electrons. The number of rotatable bonds is 7. The molecule has 7 heteroatoms. The first-order valence-electron chi connectivity index (χ1n) is 6.25. The Morgan fingerprint density at radius 2 is 1.95 bits per heavy atom. The summed E-state index contributed by atoms with van der Waals surface area (Å²) in [5.41, 5.74) is 4.21. The van der Waals surface area contributed by atoms with Crippen molar-refractivity contribution < 1.29 is 4.79 Å². The molecule has 0 unspecified atom stereocenters. The number of anilines is 1. The molecule has 1 amide bonds. The Morgan fingerprint density at radius 1 is 1.33 bits per heavy atom. The van der Waals surface area contributed by atoms with Crippen LogP contribution in [0.5, 0.6) is 0 Å². The molecule has 0 radical (unpaired) electrons. The third kappa shape index (κ3) is 6.76. The molecule has 0 heterocycles. The predicted octanol–water partition coefficient (Wildman–Crippen LogP) is 4.84. The van der Waals surface area contributed by atoms with Crippen LogP contribution in [-0.4, -0.2) is 18.2 Å². The van der Waals surface area contributed by atoms with Crippen LogP contribution < -0.4 is 10.7 Å². The van der Waals surface area contributed by atoms with Crippen LogP contribution in [-0.2, 0) is 4.79 Å². The van der Waals surface area contributed by atoms with Gasteiger partial charge in [-0.05, 0) is 63.8 Å². The molecule has 2 N–H and O–H groups in total. The summed E-state index contributed by atoms with van der Waals surface area (Å²) in [5, 5.41) is 7.09. The van der Waals surface area contributed by atoms with Crippen molar-refractivity contribution in [1.82, 2.24) is 5.43 Å². The number of carbonyl (C=O) groups excluding carboxylic acids is 1. The minimum atomic E-state index is -0.199. The highest BCUT2D eigenvalue weighted by Gasteiger charge is 2.08. The number of hydrogen-bond acceptors (Lipinski definition) is 3. The van der Waals surface area contributed by atoms with E-state index in [9.17, 15) is 4.79 Å². The van der Waals surface area contributed by atoms with Crippen LogP contribution in [0.4, 0.5) is 5.69 Å². The van der Waals surface area contributed by atoms with Gasteiger partial charge in [-0.1, -0.05) is 22.0 Å². The van der Waals surface area contributed by atoms with E-state index in [0.29, 0.717) is 0 Å². The lowest BCUT2D eigenvalue weighted by Gasteiger charge is -2.10. The van der Waals surface area contributed by atoms with E-state index in [1.54, 1.807) is 0 Å². The molecule has 1 rings (SSSR count). The van der Waals surface area contributed by atoms with Gasteiger partial charge in [-0.25, -0.2) is 5.43 Å². The summed E-state index contributed by atoms with van der Waals surface area (Å²) in [4.78, 5) is 11.7. The quantitative estimate of drug-likeness (QED) is 0.332. The highest BCUT2D eigenvalue weighted by Crippen LogP contribution is 2.34. The molecular formula is C14H16Br3N3O. The molecule has 0 aliphatic rings. The number of hydrazone groups is 1. The van der Waals surface area contributed by atoms with Gasteiger partial charge in [-0.15, -0.1) is 6.58 Å². The summed E-state index contributed by atoms with van der Waals surface area (Å²) in [6.07, 6.45) is 3.47. The summed E-state index contributed by atoms with van der Waals surface area (Å²) < 4.78 is 2.67. The molecule has 0 spiro atoms. The molecular weight excluding hydrogens is 466 g/mol. The van der Waals surface area contributed by atoms with Crippen molar-refractivity contribution in [3.63, 3.8) is 0 Å². The Hall–Kier alpha value is -0.660. The minimum Gasteiger partial charge on any atom is -0.374 e. The third-order valence-electron chi connectivity index (χ3n) is 2.51. The Balaban J connectivity index is 2.52. The lowest BCUT2D eigenvalue weighted by molar-refractivity contribution is -0.119. The van der Waals surface area contributed by atoms with Crippen LogP contribution >= 0.6 is 47.8 Å². The summed E-state index contributed by atoms with van der Waals surface area (Å²) in [6, 6.07) is 3.81. The number of allylic oxidation sites excluding steroid dienone is 1. The average Bonchev–Trinajstić information content (AvgIpc) is 2.41. The molecule has 21 heavy (non-hydrogen) atoms. The summed E-state index contributed by atoms with van der Waals surface area (Å²) in [7, 11) is 0. The van der Waals surface area contributed by atoms with Gasteiger partial charge in [0.1, 0.15) is 0 Å². The van der Waals surface area contributed by atoms with E-state index in [0.717, 1.165) is 37.7 Å². The number of carbonyl (C=O) groups is 1. The molecule has 0 atom stereocenters. The van der Waals surface area contributed by atoms with Gasteiger partial charge in [-0.3, -0.25) is 4.79 Å². The molecule has 0 saturated carbocycles. The maximum Gasteiger partial charge on any atom is 0.259 e. The van der Waals surface area contributed by atoms with Gasteiger partial charge in [0, 0.05) is 19.1 Å². The van der Waals surface area contributed by atoms with E-state index in [4.69, 9.17) is 0 Å². The number of nitrogens with zero attached hydrogens (tertiary/aromatic N) is 1. The third-order valence-corrected chi connectivity index (χ3v) is 4.22. The van der Waals surface area contributed by atoms with Gasteiger partial charge in [0.15, 0.2) is 0 Å². The van der Waals surface area contributed by atoms with Gasteiger partial charge in [0.05, 0.1) is 12.2 Å². The number of amides is 1. The molecule has 0 aliphatic heterocycles. The maximum atomic E-state index is 11.7. The van der Waals surface area contributed by atoms with Gasteiger partial charge >= 0.3 is 0 Å². The fourth-order valence-corrected chi connectivity index (χ4v) is 3.98. The molecule has 1 aromatic rings. The van der Waals surface area contributed by atoms with Crippen molar-refractivity contribution in [2.24, 2.45) is 5.10 Å². The van der Waals surface area contributed by atoms with Crippen LogP contribution in [0, 0.1) is 0 Å². The normalized spacial score (nSPS) is 11.1. The number of hydrogen-bond donors (Lipinski definition) is 2. The van der Waals surface area contributed by atoms with Crippen molar-refractivity contribution in [3.05, 3.63) is 38.2 Å². The van der Waals surface area contributed by atoms with Crippen LogP contribution in [0.25, 0.3) is 0 Å². The van der Waals surface area contributed by atoms with Gasteiger partial charge in [0.25, 0.3) is 5.91 Å². The minimum absolute atomic E-state index is 0.136. The molecule has 0 bridgehead atoms. The van der Waals surface area contributed by atoms with Crippen LogP contribution in [0.1, 0.15) is 19.8 Å². The first-order valence-corrected chi connectivity index (χ1v) is 8.63. The second kappa shape index (κ2) is 9.38. The topological polar surface area (TPSA) is 53.5 Å². The lowest BCUT2D eigenvalue weighted by atomic mass is 10.2. The highest BCUT2D eigenvalue weighted by atomic mass is 79.9. The zero-order chi connectivity index (χ0) is 15.8. The van der Waals surface area contributed by atoms with E-state index >= 15 is 0 Å². The lowest BCUT2D eigenvalue weighted by Crippen LogP contribution is -2.26. The summed E-state index contributed by atoms with van der Waals surface area (Å²) >= 11 is 10.3. The Morgan fingerprint density at radius 3 is 2.52 bits per heavy atom. The smallest absolute Gasteiger partial charge is 0.259 e. The van der Waals surface area contributed by atoms with Gasteiger partial charge in [0.2, 0.25) is 0 Å². The first kappa shape index (κ1) is 18.4. The van der Waals surface area contributed by atoms with E-state index in [1.807, 2.05) is 25.1 Å². The predicted molar refractivity (Wildman–Crippen MR) is 98.7 cm³/mol. The zero-order valence-corrected chi connectivity index (χ0v) is 16.3. The number of nitrogens with one attached hydrogen (secondary N) is 2. The zero-order valence-electron chi connectivity index (χ0n) is 11.5. The summed E-state index contributed by atoms with van der Waals surface area (Å²) in [6.45, 7) is 5.66. The first-order chi connectivity index (χ1) is 9.93. The number of benzene rings is 1. The van der Waals surface area contributed by atoms with Crippen molar-refractivity contribution in [3.8, 4) is 0 Å².